The summed E-state index contributed by atoms with van der Waals surface area (Å²) in [4.78, 5) is 101. The van der Waals surface area contributed by atoms with Crippen molar-refractivity contribution in [2.24, 2.45) is 16.7 Å². The molecule has 0 radical (unpaired) electrons. The highest BCUT2D eigenvalue weighted by molar-refractivity contribution is 5.96. The smallest absolute Gasteiger partial charge is 0.350 e. The van der Waals surface area contributed by atoms with Crippen molar-refractivity contribution in [3.8, 4) is 0 Å². The second-order valence-corrected chi connectivity index (χ2v) is 22.8. The summed E-state index contributed by atoms with van der Waals surface area (Å²) < 4.78 is 37.2. The number of carbonyl (C=O) groups excluding carboxylic acids is 7. The number of fused-ring (bicyclic) bond motifs is 5. The van der Waals surface area contributed by atoms with Gasteiger partial charge in [0, 0.05) is 44.1 Å². The highest BCUT2D eigenvalue weighted by atomic mass is 16.6. The Morgan fingerprint density at radius 2 is 1.24 bits per heavy atom. The maximum absolute atomic E-state index is 15.8. The maximum atomic E-state index is 15.8. The number of rotatable bonds is 25. The van der Waals surface area contributed by atoms with Crippen molar-refractivity contribution in [2.45, 2.75) is 167 Å². The molecular weight excluding hydrogens is 1080 g/mol. The largest absolute Gasteiger partial charge is 0.455 e. The molecule has 2 unspecified atom stereocenters. The van der Waals surface area contributed by atoms with E-state index in [0.717, 1.165) is 46.0 Å². The third-order valence-corrected chi connectivity index (χ3v) is 16.8. The summed E-state index contributed by atoms with van der Waals surface area (Å²) in [6, 6.07) is 23.1. The molecule has 1 heterocycles. The van der Waals surface area contributed by atoms with E-state index in [4.69, 9.17) is 28.4 Å². The van der Waals surface area contributed by atoms with Gasteiger partial charge < -0.3 is 44.0 Å². The zero-order valence-corrected chi connectivity index (χ0v) is 49.7. The number of nitrogens with one attached hydrogen (secondary N) is 1. The molecule has 0 aromatic heterocycles. The highest BCUT2D eigenvalue weighted by Crippen LogP contribution is 2.64. The average Bonchev–Trinajstić information content (AvgIpc) is 0.690. The maximum Gasteiger partial charge on any atom is 0.350 e. The first-order valence-corrected chi connectivity index (χ1v) is 29.3. The van der Waals surface area contributed by atoms with Gasteiger partial charge in [-0.1, -0.05) is 160 Å². The molecule has 11 atom stereocenters. The van der Waals surface area contributed by atoms with E-state index >= 15 is 9.59 Å². The molecule has 0 spiro atoms. The standard InChI is InChI=1S/C69H81NO15/c1-8-9-10-11-12-13-14-15-16-17-18-19-20-21-22-23-24-25-35-42-55(74)83-59(57(49-36-29-26-30-37-49)70-63(76)50-38-31-27-32-39-50)65(78)82-52-44-69(79)62(84-64(77)51-40-33-28-34-41-51)60-67(7,53(73)43-54-68(60,45-80-54)85-48(4)72)61(75)58(81-47(3)71)56(46(52)2)66(69,5)6/h9-10,12-13,15-16,18-19,21-22,24-34,36-41,52-54,57-60,62,73,79H,8,11,14,17,20,23,35,42-45H2,1-7H3,(H,70,76)/t52?,53-,54+,57?,58+,59+,60-,62-,67+,68-,69+/m0/s1. The van der Waals surface area contributed by atoms with Crippen molar-refractivity contribution >= 4 is 41.5 Å². The SMILES string of the molecule is CCC=CCC=CCC=CCC=CCC=CCC=CCCC(=O)O[C@@H](C(=O)OC1C[C@@]2(O)[C@@H](OC(=O)c3ccccc3)[C@@H]3[C@]4(OC(C)=O)CO[C@@H]4C[C@H](O)[C@@]3(C)C(=O)[C@H](OC(C)=O)C(=C1C)C2(C)C)C(NC(=O)c1ccccc1)c1ccccc1. The molecule has 3 aliphatic carbocycles. The lowest BCUT2D eigenvalue weighted by molar-refractivity contribution is -0.346. The Morgan fingerprint density at radius 3 is 1.75 bits per heavy atom. The lowest BCUT2D eigenvalue weighted by atomic mass is 9.44. The third kappa shape index (κ3) is 14.8. The lowest BCUT2D eigenvalue weighted by Gasteiger charge is -2.67. The van der Waals surface area contributed by atoms with Gasteiger partial charge in [-0.3, -0.25) is 24.0 Å². The van der Waals surface area contributed by atoms with Crippen LogP contribution in [0.25, 0.3) is 0 Å². The Labute approximate surface area is 498 Å². The van der Waals surface area contributed by atoms with Crippen LogP contribution in [0.2, 0.25) is 0 Å². The van der Waals surface area contributed by atoms with Crippen LogP contribution in [-0.4, -0.2) is 106 Å². The first-order valence-electron chi connectivity index (χ1n) is 29.3. The van der Waals surface area contributed by atoms with Crippen molar-refractivity contribution in [1.29, 1.82) is 0 Å². The summed E-state index contributed by atoms with van der Waals surface area (Å²) >= 11 is 0. The highest BCUT2D eigenvalue weighted by Gasteiger charge is 2.78. The number of allylic oxidation sites excluding steroid dienone is 12. The van der Waals surface area contributed by atoms with Gasteiger partial charge in [-0.2, -0.15) is 0 Å². The van der Waals surface area contributed by atoms with Crippen LogP contribution in [0.15, 0.2) is 175 Å². The van der Waals surface area contributed by atoms with Crippen LogP contribution in [0, 0.1) is 16.7 Å². The number of Topliss-reactive ketones (excluding diaryl/α,β-unsaturated/α-hetero) is 1. The Hall–Kier alpha value is -7.79. The van der Waals surface area contributed by atoms with Gasteiger partial charge in [0.25, 0.3) is 5.91 Å². The van der Waals surface area contributed by atoms with Crippen LogP contribution in [0.5, 0.6) is 0 Å². The van der Waals surface area contributed by atoms with Gasteiger partial charge in [0.15, 0.2) is 17.5 Å². The lowest BCUT2D eigenvalue weighted by Crippen LogP contribution is -2.82. The molecule has 3 N–H and O–H groups in total. The zero-order valence-electron chi connectivity index (χ0n) is 49.7. The van der Waals surface area contributed by atoms with Gasteiger partial charge in [0.2, 0.25) is 6.10 Å². The fourth-order valence-electron chi connectivity index (χ4n) is 12.3. The number of amides is 1. The first-order chi connectivity index (χ1) is 40.7. The minimum Gasteiger partial charge on any atom is -0.455 e. The molecule has 7 rings (SSSR count). The normalized spacial score (nSPS) is 27.0. The zero-order chi connectivity index (χ0) is 61.4. The predicted octanol–water partition coefficient (Wildman–Crippen LogP) is 10.8. The molecule has 3 aromatic rings. The van der Waals surface area contributed by atoms with Gasteiger partial charge in [-0.15, -0.1) is 0 Å². The summed E-state index contributed by atoms with van der Waals surface area (Å²) in [5.74, 6) is -7.73. The summed E-state index contributed by atoms with van der Waals surface area (Å²) in [6.45, 7) is 10.1. The van der Waals surface area contributed by atoms with Crippen molar-refractivity contribution in [1.82, 2.24) is 5.32 Å². The van der Waals surface area contributed by atoms with Crippen molar-refractivity contribution < 1.29 is 72.2 Å². The number of ether oxygens (including phenoxy) is 6. The fourth-order valence-corrected chi connectivity index (χ4v) is 12.3. The van der Waals surface area contributed by atoms with Crippen LogP contribution >= 0.6 is 0 Å². The second kappa shape index (κ2) is 29.3. The predicted molar refractivity (Wildman–Crippen MR) is 319 cm³/mol. The summed E-state index contributed by atoms with van der Waals surface area (Å²) in [7, 11) is 0. The Kier molecular flexibility index (Phi) is 22.4. The first kappa shape index (κ1) is 64.8. The topological polar surface area (TPSA) is 227 Å². The van der Waals surface area contributed by atoms with E-state index < -0.39 is 119 Å². The van der Waals surface area contributed by atoms with Crippen LogP contribution in [0.1, 0.15) is 145 Å². The molecule has 85 heavy (non-hydrogen) atoms. The van der Waals surface area contributed by atoms with E-state index in [1.807, 2.05) is 18.2 Å². The van der Waals surface area contributed by atoms with Crippen LogP contribution in [0.3, 0.4) is 0 Å². The van der Waals surface area contributed by atoms with E-state index in [1.54, 1.807) is 92.7 Å². The van der Waals surface area contributed by atoms with Crippen LogP contribution < -0.4 is 5.32 Å². The van der Waals surface area contributed by atoms with E-state index in [2.05, 4.69) is 66.9 Å². The van der Waals surface area contributed by atoms with Crippen molar-refractivity contribution in [2.75, 3.05) is 6.61 Å². The molecule has 3 fully saturated rings. The number of aliphatic hydroxyl groups excluding tert-OH is 1. The number of aliphatic hydroxyl groups is 2. The average molecular weight is 1160 g/mol. The van der Waals surface area contributed by atoms with Gasteiger partial charge in [0.1, 0.15) is 30.0 Å². The van der Waals surface area contributed by atoms with Gasteiger partial charge in [-0.25, -0.2) is 9.59 Å². The summed E-state index contributed by atoms with van der Waals surface area (Å²) in [6.07, 6.45) is 19.4. The molecule has 3 aromatic carbocycles. The minimum atomic E-state index is -2.46. The summed E-state index contributed by atoms with van der Waals surface area (Å²) in [5, 5.41) is 29.2. The van der Waals surface area contributed by atoms with Crippen LogP contribution in [-0.2, 0) is 52.4 Å². The Bertz CT molecular complexity index is 3070. The Balaban J connectivity index is 1.21. The number of carbonyl (C=O) groups is 7. The number of benzene rings is 3. The second-order valence-electron chi connectivity index (χ2n) is 22.8. The van der Waals surface area contributed by atoms with Crippen molar-refractivity contribution in [3.05, 3.63) is 192 Å². The molecule has 4 aliphatic rings. The molecule has 1 amide bonds. The summed E-state index contributed by atoms with van der Waals surface area (Å²) in [5.41, 5.74) is -7.33. The van der Waals surface area contributed by atoms with Gasteiger partial charge in [0.05, 0.1) is 29.6 Å². The van der Waals surface area contributed by atoms with E-state index in [0.29, 0.717) is 12.0 Å². The third-order valence-electron chi connectivity index (χ3n) is 16.8. The van der Waals surface area contributed by atoms with Crippen molar-refractivity contribution in [3.63, 3.8) is 0 Å². The molecular formula is C69H81NO15. The van der Waals surface area contributed by atoms with E-state index in [9.17, 15) is 34.2 Å². The molecule has 16 nitrogen and oxygen atoms in total. The minimum absolute atomic E-state index is 0.0256. The molecule has 1 aliphatic heterocycles. The van der Waals surface area contributed by atoms with Gasteiger partial charge >= 0.3 is 29.8 Å². The monoisotopic (exact) mass is 1160 g/mol. The fraction of sp³-hybridized carbons (Fsp3) is 0.435. The quantitative estimate of drug-likeness (QED) is 0.0407. The number of hydrogen-bond donors (Lipinski definition) is 3. The molecule has 2 saturated carbocycles. The molecule has 2 bridgehead atoms. The van der Waals surface area contributed by atoms with E-state index in [-0.39, 0.29) is 48.1 Å². The molecule has 452 valence electrons. The molecule has 1 saturated heterocycles. The number of esters is 5. The Morgan fingerprint density at radius 1 is 0.706 bits per heavy atom. The van der Waals surface area contributed by atoms with Gasteiger partial charge in [-0.05, 0) is 99.8 Å². The van der Waals surface area contributed by atoms with Crippen LogP contribution in [0.4, 0.5) is 0 Å². The number of hydrogen-bond acceptors (Lipinski definition) is 15. The molecule has 16 heteroatoms. The van der Waals surface area contributed by atoms with E-state index in [1.165, 1.54) is 26.0 Å². The number of ketones is 1.